The van der Waals surface area contributed by atoms with E-state index in [9.17, 15) is 9.18 Å². The number of nitrogens with zero attached hydrogens (tertiary/aromatic N) is 2. The number of halogens is 1. The van der Waals surface area contributed by atoms with Gasteiger partial charge in [0.15, 0.2) is 0 Å². The molecule has 0 atom stereocenters. The summed E-state index contributed by atoms with van der Waals surface area (Å²) in [4.78, 5) is 17.3. The SMILES string of the molecule is O=C(Cc1ccc(F)cc1)N1CCCN(CCc2ccccc2)c2ccccc21. The first-order chi connectivity index (χ1) is 14.2. The van der Waals surface area contributed by atoms with Gasteiger partial charge >= 0.3 is 0 Å². The summed E-state index contributed by atoms with van der Waals surface area (Å²) in [6, 6.07) is 24.8. The van der Waals surface area contributed by atoms with Gasteiger partial charge in [0.25, 0.3) is 0 Å². The molecule has 0 spiro atoms. The Morgan fingerprint density at radius 2 is 1.48 bits per heavy atom. The summed E-state index contributed by atoms with van der Waals surface area (Å²) < 4.78 is 13.2. The first kappa shape index (κ1) is 19.2. The topological polar surface area (TPSA) is 23.6 Å². The van der Waals surface area contributed by atoms with E-state index < -0.39 is 0 Å². The van der Waals surface area contributed by atoms with Gasteiger partial charge < -0.3 is 9.80 Å². The van der Waals surface area contributed by atoms with E-state index in [2.05, 4.69) is 35.2 Å². The van der Waals surface area contributed by atoms with Crippen LogP contribution in [0.5, 0.6) is 0 Å². The average Bonchev–Trinajstić information content (AvgIpc) is 2.94. The predicted molar refractivity (Wildman–Crippen MR) is 116 cm³/mol. The van der Waals surface area contributed by atoms with E-state index in [0.29, 0.717) is 6.54 Å². The van der Waals surface area contributed by atoms with Crippen LogP contribution in [0.25, 0.3) is 0 Å². The van der Waals surface area contributed by atoms with Crippen molar-refractivity contribution in [3.8, 4) is 0 Å². The first-order valence-corrected chi connectivity index (χ1v) is 10.1. The zero-order valence-corrected chi connectivity index (χ0v) is 16.4. The molecular weight excluding hydrogens is 363 g/mol. The minimum Gasteiger partial charge on any atom is -0.369 e. The standard InChI is InChI=1S/C25H25FN2O/c26-22-13-11-21(12-14-22)19-25(29)28-17-6-16-27(23-9-4-5-10-24(23)28)18-15-20-7-2-1-3-8-20/h1-5,7-14H,6,15-19H2. The first-order valence-electron chi connectivity index (χ1n) is 10.1. The number of carbonyl (C=O) groups excluding carboxylic acids is 1. The van der Waals surface area contributed by atoms with E-state index >= 15 is 0 Å². The molecule has 0 aromatic heterocycles. The summed E-state index contributed by atoms with van der Waals surface area (Å²) in [6.45, 7) is 2.53. The second-order valence-electron chi connectivity index (χ2n) is 7.41. The summed E-state index contributed by atoms with van der Waals surface area (Å²) in [7, 11) is 0. The number of hydrogen-bond acceptors (Lipinski definition) is 2. The normalized spacial score (nSPS) is 13.7. The van der Waals surface area contributed by atoms with Gasteiger partial charge in [-0.15, -0.1) is 0 Å². The Hall–Kier alpha value is -3.14. The van der Waals surface area contributed by atoms with Crippen LogP contribution in [0.4, 0.5) is 15.8 Å². The fraction of sp³-hybridized carbons (Fsp3) is 0.240. The molecule has 0 radical (unpaired) electrons. The van der Waals surface area contributed by atoms with Crippen molar-refractivity contribution in [2.24, 2.45) is 0 Å². The number of anilines is 2. The van der Waals surface area contributed by atoms with Gasteiger partial charge in [0.1, 0.15) is 5.82 Å². The van der Waals surface area contributed by atoms with Crippen LogP contribution in [0.2, 0.25) is 0 Å². The number of rotatable bonds is 5. The van der Waals surface area contributed by atoms with E-state index in [1.807, 2.05) is 29.2 Å². The molecule has 0 aliphatic carbocycles. The Morgan fingerprint density at radius 1 is 0.793 bits per heavy atom. The van der Waals surface area contributed by atoms with Crippen LogP contribution in [0.15, 0.2) is 78.9 Å². The smallest absolute Gasteiger partial charge is 0.231 e. The van der Waals surface area contributed by atoms with Crippen LogP contribution in [0.3, 0.4) is 0 Å². The van der Waals surface area contributed by atoms with E-state index in [1.54, 1.807) is 12.1 Å². The van der Waals surface area contributed by atoms with Crippen molar-refractivity contribution in [3.63, 3.8) is 0 Å². The van der Waals surface area contributed by atoms with Crippen molar-refractivity contribution in [1.29, 1.82) is 0 Å². The Kier molecular flexibility index (Phi) is 5.89. The van der Waals surface area contributed by atoms with Crippen molar-refractivity contribution in [1.82, 2.24) is 0 Å². The number of benzene rings is 3. The highest BCUT2D eigenvalue weighted by Gasteiger charge is 2.24. The molecule has 0 bridgehead atoms. The van der Waals surface area contributed by atoms with E-state index in [4.69, 9.17) is 0 Å². The molecular formula is C25H25FN2O. The lowest BCUT2D eigenvalue weighted by molar-refractivity contribution is -0.118. The zero-order valence-electron chi connectivity index (χ0n) is 16.4. The second-order valence-corrected chi connectivity index (χ2v) is 7.41. The largest absolute Gasteiger partial charge is 0.369 e. The molecule has 0 N–H and O–H groups in total. The Balaban J connectivity index is 1.52. The average molecular weight is 388 g/mol. The molecule has 4 rings (SSSR count). The lowest BCUT2D eigenvalue weighted by Gasteiger charge is -2.27. The van der Waals surface area contributed by atoms with Crippen LogP contribution in [0, 0.1) is 5.82 Å². The quantitative estimate of drug-likeness (QED) is 0.624. The molecule has 3 aromatic rings. The maximum absolute atomic E-state index is 13.2. The predicted octanol–water partition coefficient (Wildman–Crippen LogP) is 4.85. The van der Waals surface area contributed by atoms with Gasteiger partial charge in [0.2, 0.25) is 5.91 Å². The molecule has 0 saturated carbocycles. The maximum atomic E-state index is 13.2. The van der Waals surface area contributed by atoms with Gasteiger partial charge in [-0.1, -0.05) is 54.6 Å². The van der Waals surface area contributed by atoms with Crippen molar-refractivity contribution in [2.75, 3.05) is 29.4 Å². The molecule has 29 heavy (non-hydrogen) atoms. The zero-order chi connectivity index (χ0) is 20.1. The Bertz CT molecular complexity index is 956. The summed E-state index contributed by atoms with van der Waals surface area (Å²) in [5.74, 6) is -0.232. The Labute approximate surface area is 171 Å². The van der Waals surface area contributed by atoms with Crippen LogP contribution < -0.4 is 9.80 Å². The minimum absolute atomic E-state index is 0.0500. The monoisotopic (exact) mass is 388 g/mol. The second kappa shape index (κ2) is 8.91. The van der Waals surface area contributed by atoms with Crippen molar-refractivity contribution >= 4 is 17.3 Å². The highest BCUT2D eigenvalue weighted by atomic mass is 19.1. The molecule has 1 aliphatic heterocycles. The van der Waals surface area contributed by atoms with Gasteiger partial charge in [-0.3, -0.25) is 4.79 Å². The molecule has 1 amide bonds. The van der Waals surface area contributed by atoms with Gasteiger partial charge in [-0.25, -0.2) is 4.39 Å². The third-order valence-corrected chi connectivity index (χ3v) is 5.41. The molecule has 1 aliphatic rings. The number of hydrogen-bond donors (Lipinski definition) is 0. The molecule has 148 valence electrons. The summed E-state index contributed by atoms with van der Waals surface area (Å²) in [5.41, 5.74) is 4.22. The van der Waals surface area contributed by atoms with Gasteiger partial charge in [0.05, 0.1) is 17.8 Å². The molecule has 0 fully saturated rings. The van der Waals surface area contributed by atoms with Gasteiger partial charge in [0, 0.05) is 19.6 Å². The number of amides is 1. The number of fused-ring (bicyclic) bond motifs is 1. The lowest BCUT2D eigenvalue weighted by Crippen LogP contribution is -2.32. The fourth-order valence-corrected chi connectivity index (χ4v) is 3.89. The molecule has 4 heteroatoms. The van der Waals surface area contributed by atoms with E-state index in [0.717, 1.165) is 42.9 Å². The van der Waals surface area contributed by atoms with Crippen LogP contribution in [-0.2, 0) is 17.6 Å². The molecule has 1 heterocycles. The Morgan fingerprint density at radius 3 is 2.24 bits per heavy atom. The van der Waals surface area contributed by atoms with Crippen LogP contribution in [0.1, 0.15) is 17.5 Å². The van der Waals surface area contributed by atoms with E-state index in [-0.39, 0.29) is 18.1 Å². The van der Waals surface area contributed by atoms with Crippen molar-refractivity contribution < 1.29 is 9.18 Å². The van der Waals surface area contributed by atoms with E-state index in [1.165, 1.54) is 17.7 Å². The third kappa shape index (κ3) is 4.65. The molecule has 3 nitrogen and oxygen atoms in total. The molecule has 0 unspecified atom stereocenters. The minimum atomic E-state index is -0.282. The summed E-state index contributed by atoms with van der Waals surface area (Å²) in [5, 5.41) is 0. The lowest BCUT2D eigenvalue weighted by atomic mass is 10.1. The van der Waals surface area contributed by atoms with Crippen LogP contribution in [-0.4, -0.2) is 25.5 Å². The summed E-state index contributed by atoms with van der Waals surface area (Å²) >= 11 is 0. The maximum Gasteiger partial charge on any atom is 0.231 e. The van der Waals surface area contributed by atoms with Gasteiger partial charge in [-0.2, -0.15) is 0 Å². The number of carbonyl (C=O) groups is 1. The number of para-hydroxylation sites is 2. The summed E-state index contributed by atoms with van der Waals surface area (Å²) in [6.07, 6.45) is 2.16. The van der Waals surface area contributed by atoms with Crippen LogP contribution >= 0.6 is 0 Å². The van der Waals surface area contributed by atoms with Crippen molar-refractivity contribution in [3.05, 3.63) is 95.8 Å². The van der Waals surface area contributed by atoms with Crippen molar-refractivity contribution in [2.45, 2.75) is 19.3 Å². The van der Waals surface area contributed by atoms with Gasteiger partial charge in [-0.05, 0) is 48.2 Å². The third-order valence-electron chi connectivity index (χ3n) is 5.41. The molecule has 3 aromatic carbocycles. The molecule has 0 saturated heterocycles. The highest BCUT2D eigenvalue weighted by Crippen LogP contribution is 2.32. The highest BCUT2D eigenvalue weighted by molar-refractivity contribution is 5.98. The fourth-order valence-electron chi connectivity index (χ4n) is 3.89.